The number of carbonyl (C=O) groups is 1. The van der Waals surface area contributed by atoms with Gasteiger partial charge in [-0.1, -0.05) is 6.07 Å². The van der Waals surface area contributed by atoms with Crippen molar-refractivity contribution >= 4 is 6.03 Å². The summed E-state index contributed by atoms with van der Waals surface area (Å²) < 4.78 is 21.9. The van der Waals surface area contributed by atoms with Crippen LogP contribution in [-0.2, 0) is 16.0 Å². The van der Waals surface area contributed by atoms with Gasteiger partial charge >= 0.3 is 6.03 Å². The number of hydrogen-bond donors (Lipinski definition) is 1. The van der Waals surface area contributed by atoms with Crippen molar-refractivity contribution in [1.82, 2.24) is 15.1 Å². The van der Waals surface area contributed by atoms with Gasteiger partial charge in [0.25, 0.3) is 0 Å². The van der Waals surface area contributed by atoms with Crippen LogP contribution < -0.4 is 14.8 Å². The van der Waals surface area contributed by atoms with Gasteiger partial charge in [-0.05, 0) is 31.0 Å². The molecule has 2 saturated heterocycles. The number of amides is 2. The fraction of sp³-hybridized carbons (Fsp3) is 0.667. The van der Waals surface area contributed by atoms with Crippen molar-refractivity contribution in [3.8, 4) is 11.5 Å². The van der Waals surface area contributed by atoms with Gasteiger partial charge in [0.2, 0.25) is 6.79 Å². The van der Waals surface area contributed by atoms with Gasteiger partial charge in [0.15, 0.2) is 11.5 Å². The Morgan fingerprint density at radius 2 is 2.03 bits per heavy atom. The van der Waals surface area contributed by atoms with Crippen molar-refractivity contribution in [3.05, 3.63) is 23.8 Å². The quantitative estimate of drug-likeness (QED) is 0.744. The molecule has 1 aromatic carbocycles. The minimum absolute atomic E-state index is 0.0395. The number of morpholine rings is 1. The molecule has 8 nitrogen and oxygen atoms in total. The Bertz CT molecular complexity index is 689. The number of benzene rings is 1. The Kier molecular flexibility index (Phi) is 6.74. The topological polar surface area (TPSA) is 72.5 Å². The summed E-state index contributed by atoms with van der Waals surface area (Å²) in [6, 6.07) is 6.08. The van der Waals surface area contributed by atoms with Gasteiger partial charge in [0, 0.05) is 51.3 Å². The van der Waals surface area contributed by atoms with Crippen LogP contribution in [0.15, 0.2) is 18.2 Å². The van der Waals surface area contributed by atoms with E-state index in [9.17, 15) is 4.79 Å². The average molecular weight is 405 g/mol. The first kappa shape index (κ1) is 20.3. The van der Waals surface area contributed by atoms with E-state index >= 15 is 0 Å². The lowest BCUT2D eigenvalue weighted by Gasteiger charge is -2.37. The maximum atomic E-state index is 12.9. The van der Waals surface area contributed by atoms with Crippen LogP contribution in [0.25, 0.3) is 0 Å². The first-order valence-electron chi connectivity index (χ1n) is 10.6. The zero-order chi connectivity index (χ0) is 20.1. The summed E-state index contributed by atoms with van der Waals surface area (Å²) in [6.45, 7) is 8.95. The molecule has 3 heterocycles. The first-order valence-corrected chi connectivity index (χ1v) is 10.6. The van der Waals surface area contributed by atoms with E-state index in [4.69, 9.17) is 18.9 Å². The van der Waals surface area contributed by atoms with Crippen molar-refractivity contribution in [2.24, 2.45) is 5.92 Å². The van der Waals surface area contributed by atoms with Crippen LogP contribution in [-0.4, -0.2) is 81.3 Å². The minimum Gasteiger partial charge on any atom is -0.454 e. The molecular weight excluding hydrogens is 374 g/mol. The molecule has 2 atom stereocenters. The first-order chi connectivity index (χ1) is 14.2. The van der Waals surface area contributed by atoms with Gasteiger partial charge in [0.1, 0.15) is 0 Å². The van der Waals surface area contributed by atoms with Crippen LogP contribution in [0, 0.1) is 5.92 Å². The van der Waals surface area contributed by atoms with E-state index in [0.29, 0.717) is 25.6 Å². The molecule has 0 aliphatic carbocycles. The Balaban J connectivity index is 1.35. The standard InChI is InChI=1S/C21H31N3O5/c1-2-23(13-16-3-4-19-20(11-16)29-15-28-19)21(25)22-12-18(17-5-8-27-14-17)24-6-9-26-10-7-24/h3-4,11,17-18H,2,5-10,12-15H2,1H3,(H,22,25)/t17-,18+/m0/s1. The van der Waals surface area contributed by atoms with Crippen LogP contribution in [0.3, 0.4) is 0 Å². The molecule has 1 aromatic rings. The average Bonchev–Trinajstić information content (AvgIpc) is 3.44. The maximum Gasteiger partial charge on any atom is 0.317 e. The molecule has 29 heavy (non-hydrogen) atoms. The van der Waals surface area contributed by atoms with E-state index in [1.165, 1.54) is 0 Å². The summed E-state index contributed by atoms with van der Waals surface area (Å²) in [5.74, 6) is 1.96. The SMILES string of the molecule is CCN(Cc1ccc2c(c1)OCO2)C(=O)NC[C@H]([C@H]1CCOC1)N1CCOCC1. The molecule has 3 aliphatic heterocycles. The summed E-state index contributed by atoms with van der Waals surface area (Å²) >= 11 is 0. The lowest BCUT2D eigenvalue weighted by atomic mass is 9.97. The van der Waals surface area contributed by atoms with Crippen LogP contribution in [0.5, 0.6) is 11.5 Å². The minimum atomic E-state index is -0.0395. The van der Waals surface area contributed by atoms with Gasteiger partial charge < -0.3 is 29.2 Å². The van der Waals surface area contributed by atoms with Gasteiger partial charge in [-0.25, -0.2) is 4.79 Å². The van der Waals surface area contributed by atoms with Crippen molar-refractivity contribution in [2.75, 3.05) is 59.4 Å². The fourth-order valence-electron chi connectivity index (χ4n) is 4.25. The third kappa shape index (κ3) is 4.94. The Morgan fingerprint density at radius 3 is 2.79 bits per heavy atom. The normalized spacial score (nSPS) is 22.4. The number of ether oxygens (including phenoxy) is 4. The second kappa shape index (κ2) is 9.65. The van der Waals surface area contributed by atoms with E-state index in [2.05, 4.69) is 10.2 Å². The van der Waals surface area contributed by atoms with Crippen LogP contribution in [0.1, 0.15) is 18.9 Å². The molecule has 8 heteroatoms. The van der Waals surface area contributed by atoms with E-state index < -0.39 is 0 Å². The second-order valence-corrected chi connectivity index (χ2v) is 7.73. The predicted molar refractivity (Wildman–Crippen MR) is 107 cm³/mol. The molecule has 0 bridgehead atoms. The summed E-state index contributed by atoms with van der Waals surface area (Å²) in [5.41, 5.74) is 1.03. The van der Waals surface area contributed by atoms with E-state index in [-0.39, 0.29) is 18.9 Å². The van der Waals surface area contributed by atoms with Crippen LogP contribution in [0.2, 0.25) is 0 Å². The smallest absolute Gasteiger partial charge is 0.317 e. The number of urea groups is 1. The van der Waals surface area contributed by atoms with E-state index in [1.807, 2.05) is 30.0 Å². The number of nitrogens with one attached hydrogen (secondary N) is 1. The number of rotatable bonds is 7. The zero-order valence-electron chi connectivity index (χ0n) is 17.1. The Labute approximate surface area is 172 Å². The zero-order valence-corrected chi connectivity index (χ0v) is 17.1. The molecule has 0 aromatic heterocycles. The van der Waals surface area contributed by atoms with Crippen LogP contribution >= 0.6 is 0 Å². The molecule has 4 rings (SSSR count). The highest BCUT2D eigenvalue weighted by Crippen LogP contribution is 2.32. The lowest BCUT2D eigenvalue weighted by Crippen LogP contribution is -2.53. The number of fused-ring (bicyclic) bond motifs is 1. The predicted octanol–water partition coefficient (Wildman–Crippen LogP) is 1.68. The molecule has 0 spiro atoms. The third-order valence-electron chi connectivity index (χ3n) is 5.97. The molecule has 2 fully saturated rings. The lowest BCUT2D eigenvalue weighted by molar-refractivity contribution is 0.00186. The van der Waals surface area contributed by atoms with Gasteiger partial charge in [-0.2, -0.15) is 0 Å². The third-order valence-corrected chi connectivity index (χ3v) is 5.97. The Morgan fingerprint density at radius 1 is 1.21 bits per heavy atom. The number of hydrogen-bond acceptors (Lipinski definition) is 6. The maximum absolute atomic E-state index is 12.9. The number of carbonyl (C=O) groups excluding carboxylic acids is 1. The van der Waals surface area contributed by atoms with Crippen molar-refractivity contribution in [2.45, 2.75) is 25.9 Å². The molecule has 2 amide bonds. The van der Waals surface area contributed by atoms with Crippen LogP contribution in [0.4, 0.5) is 4.79 Å². The van der Waals surface area contributed by atoms with Crippen molar-refractivity contribution in [1.29, 1.82) is 0 Å². The number of nitrogens with zero attached hydrogens (tertiary/aromatic N) is 2. The summed E-state index contributed by atoms with van der Waals surface area (Å²) in [4.78, 5) is 17.2. The van der Waals surface area contributed by atoms with Gasteiger partial charge in [0.05, 0.1) is 19.8 Å². The monoisotopic (exact) mass is 405 g/mol. The van der Waals surface area contributed by atoms with Crippen molar-refractivity contribution in [3.63, 3.8) is 0 Å². The largest absolute Gasteiger partial charge is 0.454 e. The second-order valence-electron chi connectivity index (χ2n) is 7.73. The molecule has 160 valence electrons. The highest BCUT2D eigenvalue weighted by molar-refractivity contribution is 5.74. The van der Waals surface area contributed by atoms with E-state index in [1.54, 1.807) is 0 Å². The fourth-order valence-corrected chi connectivity index (χ4v) is 4.25. The Hall–Kier alpha value is -2.03. The summed E-state index contributed by atoms with van der Waals surface area (Å²) in [6.07, 6.45) is 1.05. The van der Waals surface area contributed by atoms with E-state index in [0.717, 1.165) is 63.0 Å². The highest BCUT2D eigenvalue weighted by atomic mass is 16.7. The molecule has 0 unspecified atom stereocenters. The molecule has 0 radical (unpaired) electrons. The molecule has 0 saturated carbocycles. The summed E-state index contributed by atoms with van der Waals surface area (Å²) in [5, 5.41) is 3.17. The molecule has 1 N–H and O–H groups in total. The molecular formula is C21H31N3O5. The summed E-state index contributed by atoms with van der Waals surface area (Å²) in [7, 11) is 0. The molecule has 3 aliphatic rings. The van der Waals surface area contributed by atoms with Gasteiger partial charge in [-0.15, -0.1) is 0 Å². The highest BCUT2D eigenvalue weighted by Gasteiger charge is 2.32. The van der Waals surface area contributed by atoms with Crippen molar-refractivity contribution < 1.29 is 23.7 Å². The van der Waals surface area contributed by atoms with Gasteiger partial charge in [-0.3, -0.25) is 4.90 Å².